The van der Waals surface area contributed by atoms with Crippen LogP contribution >= 0.6 is 0 Å². The number of amides is 1. The van der Waals surface area contributed by atoms with E-state index in [9.17, 15) is 4.79 Å². The minimum absolute atomic E-state index is 0.113. The Morgan fingerprint density at radius 1 is 1.46 bits per heavy atom. The molecule has 3 nitrogen and oxygen atoms in total. The molecule has 2 rings (SSSR count). The number of dihydropyridines is 1. The van der Waals surface area contributed by atoms with Gasteiger partial charge in [0.25, 0.3) is 0 Å². The second kappa shape index (κ2) is 2.91. The zero-order valence-corrected chi connectivity index (χ0v) is 7.92. The van der Waals surface area contributed by atoms with E-state index in [-0.39, 0.29) is 11.9 Å². The first kappa shape index (κ1) is 8.35. The smallest absolute Gasteiger partial charge is 0.226 e. The van der Waals surface area contributed by atoms with E-state index >= 15 is 0 Å². The molecule has 2 aliphatic rings. The van der Waals surface area contributed by atoms with Crippen LogP contribution in [0.15, 0.2) is 23.5 Å². The average molecular weight is 178 g/mol. The first-order valence-electron chi connectivity index (χ1n) is 4.65. The minimum atomic E-state index is 0.113. The average Bonchev–Trinajstić information content (AvgIpc) is 2.42. The van der Waals surface area contributed by atoms with Crippen molar-refractivity contribution in [2.75, 3.05) is 0 Å². The molecule has 0 aliphatic carbocycles. The van der Waals surface area contributed by atoms with Gasteiger partial charge in [-0.2, -0.15) is 0 Å². The molecule has 0 radical (unpaired) electrons. The summed E-state index contributed by atoms with van der Waals surface area (Å²) < 4.78 is 0. The maximum atomic E-state index is 11.1. The van der Waals surface area contributed by atoms with Crippen molar-refractivity contribution in [2.45, 2.75) is 26.3 Å². The molecular weight excluding hydrogens is 164 g/mol. The molecule has 2 aliphatic heterocycles. The third kappa shape index (κ3) is 1.46. The fourth-order valence-corrected chi connectivity index (χ4v) is 1.67. The predicted molar refractivity (Wildman–Crippen MR) is 50.7 cm³/mol. The van der Waals surface area contributed by atoms with E-state index in [1.54, 1.807) is 0 Å². The topological polar surface area (TPSA) is 41.1 Å². The quantitative estimate of drug-likeness (QED) is 0.626. The van der Waals surface area contributed by atoms with E-state index in [0.29, 0.717) is 12.3 Å². The van der Waals surface area contributed by atoms with Gasteiger partial charge in [0.15, 0.2) is 0 Å². The van der Waals surface area contributed by atoms with Crippen molar-refractivity contribution < 1.29 is 4.79 Å². The van der Waals surface area contributed by atoms with Gasteiger partial charge in [0.05, 0.1) is 12.5 Å². The standard InChI is InChI=1S/C10H14N2O/c1-6(2)7-3-4-8-9(11-7)5-10(13)12-8/h3-4,6,9,11H,5H2,1-2H3,(H,12,13). The summed E-state index contributed by atoms with van der Waals surface area (Å²) in [6.07, 6.45) is 4.61. The van der Waals surface area contributed by atoms with Gasteiger partial charge < -0.3 is 10.6 Å². The highest BCUT2D eigenvalue weighted by atomic mass is 16.2. The van der Waals surface area contributed by atoms with Crippen molar-refractivity contribution >= 4 is 5.91 Å². The molecule has 0 aromatic rings. The lowest BCUT2D eigenvalue weighted by atomic mass is 10.0. The van der Waals surface area contributed by atoms with Crippen LogP contribution in [0.1, 0.15) is 20.3 Å². The zero-order valence-electron chi connectivity index (χ0n) is 7.92. The summed E-state index contributed by atoms with van der Waals surface area (Å²) in [5.74, 6) is 0.607. The zero-order chi connectivity index (χ0) is 9.42. The lowest BCUT2D eigenvalue weighted by molar-refractivity contribution is -0.118. The largest absolute Gasteiger partial charge is 0.379 e. The number of carbonyl (C=O) groups excluding carboxylic acids is 1. The van der Waals surface area contributed by atoms with Crippen molar-refractivity contribution in [3.8, 4) is 0 Å². The van der Waals surface area contributed by atoms with Crippen LogP contribution in [0.2, 0.25) is 0 Å². The Hall–Kier alpha value is -1.25. The van der Waals surface area contributed by atoms with Crippen molar-refractivity contribution in [1.82, 2.24) is 10.6 Å². The molecule has 0 spiro atoms. The van der Waals surface area contributed by atoms with Gasteiger partial charge in [0, 0.05) is 11.4 Å². The first-order chi connectivity index (χ1) is 6.16. The summed E-state index contributed by atoms with van der Waals surface area (Å²) in [4.78, 5) is 11.1. The maximum Gasteiger partial charge on any atom is 0.226 e. The Labute approximate surface area is 77.9 Å². The van der Waals surface area contributed by atoms with E-state index in [1.807, 2.05) is 12.2 Å². The van der Waals surface area contributed by atoms with E-state index < -0.39 is 0 Å². The third-order valence-electron chi connectivity index (χ3n) is 2.45. The molecule has 1 amide bonds. The number of rotatable bonds is 1. The molecule has 0 aromatic carbocycles. The van der Waals surface area contributed by atoms with E-state index in [1.165, 1.54) is 5.70 Å². The molecule has 70 valence electrons. The molecule has 1 fully saturated rings. The maximum absolute atomic E-state index is 11.1. The number of carbonyl (C=O) groups is 1. The Balaban J connectivity index is 2.17. The van der Waals surface area contributed by atoms with E-state index in [4.69, 9.17) is 0 Å². The van der Waals surface area contributed by atoms with Crippen LogP contribution in [0.5, 0.6) is 0 Å². The molecule has 3 heteroatoms. The lowest BCUT2D eigenvalue weighted by Gasteiger charge is -2.23. The summed E-state index contributed by atoms with van der Waals surface area (Å²) in [5.41, 5.74) is 2.22. The summed E-state index contributed by atoms with van der Waals surface area (Å²) in [6.45, 7) is 4.28. The number of nitrogens with one attached hydrogen (secondary N) is 2. The molecule has 1 unspecified atom stereocenters. The summed E-state index contributed by atoms with van der Waals surface area (Å²) in [5, 5.41) is 6.19. The van der Waals surface area contributed by atoms with Gasteiger partial charge in [-0.1, -0.05) is 13.8 Å². The van der Waals surface area contributed by atoms with Gasteiger partial charge in [0.2, 0.25) is 5.91 Å². The number of allylic oxidation sites excluding steroid dienone is 3. The molecule has 1 atom stereocenters. The van der Waals surface area contributed by atoms with Crippen molar-refractivity contribution in [1.29, 1.82) is 0 Å². The SMILES string of the molecule is CC(C)C1=CC=C2NC(=O)CC2N1. The summed E-state index contributed by atoms with van der Waals surface area (Å²) in [6, 6.07) is 0.190. The van der Waals surface area contributed by atoms with Gasteiger partial charge in [-0.15, -0.1) is 0 Å². The van der Waals surface area contributed by atoms with Crippen LogP contribution in [0.25, 0.3) is 0 Å². The van der Waals surface area contributed by atoms with Crippen molar-refractivity contribution in [3.63, 3.8) is 0 Å². The van der Waals surface area contributed by atoms with Crippen LogP contribution in [-0.4, -0.2) is 11.9 Å². The van der Waals surface area contributed by atoms with Crippen LogP contribution in [0.3, 0.4) is 0 Å². The van der Waals surface area contributed by atoms with Gasteiger partial charge in [-0.25, -0.2) is 0 Å². The predicted octanol–water partition coefficient (Wildman–Crippen LogP) is 0.902. The Kier molecular flexibility index (Phi) is 1.87. The van der Waals surface area contributed by atoms with E-state index in [0.717, 1.165) is 5.70 Å². The van der Waals surface area contributed by atoms with Crippen LogP contribution in [-0.2, 0) is 4.79 Å². The van der Waals surface area contributed by atoms with Gasteiger partial charge in [-0.05, 0) is 18.1 Å². The van der Waals surface area contributed by atoms with Crippen LogP contribution in [0.4, 0.5) is 0 Å². The number of hydrogen-bond acceptors (Lipinski definition) is 2. The number of fused-ring (bicyclic) bond motifs is 1. The first-order valence-corrected chi connectivity index (χ1v) is 4.65. The highest BCUT2D eigenvalue weighted by Gasteiger charge is 2.29. The molecule has 2 N–H and O–H groups in total. The Morgan fingerprint density at radius 2 is 2.23 bits per heavy atom. The lowest BCUT2D eigenvalue weighted by Crippen LogP contribution is -2.32. The van der Waals surface area contributed by atoms with Crippen molar-refractivity contribution in [3.05, 3.63) is 23.5 Å². The summed E-state index contributed by atoms with van der Waals surface area (Å²) >= 11 is 0. The molecule has 0 bridgehead atoms. The highest BCUT2D eigenvalue weighted by Crippen LogP contribution is 2.20. The molecule has 0 aromatic heterocycles. The number of hydrogen-bond donors (Lipinski definition) is 2. The van der Waals surface area contributed by atoms with Gasteiger partial charge in [-0.3, -0.25) is 4.79 Å². The second-order valence-corrected chi connectivity index (χ2v) is 3.85. The van der Waals surface area contributed by atoms with Crippen molar-refractivity contribution in [2.24, 2.45) is 5.92 Å². The van der Waals surface area contributed by atoms with Gasteiger partial charge >= 0.3 is 0 Å². The Bertz CT molecular complexity index is 302. The molecule has 2 heterocycles. The Morgan fingerprint density at radius 3 is 2.92 bits per heavy atom. The third-order valence-corrected chi connectivity index (χ3v) is 2.45. The van der Waals surface area contributed by atoms with Crippen LogP contribution in [0, 0.1) is 5.92 Å². The fourth-order valence-electron chi connectivity index (χ4n) is 1.67. The highest BCUT2D eigenvalue weighted by molar-refractivity contribution is 5.83. The second-order valence-electron chi connectivity index (χ2n) is 3.85. The van der Waals surface area contributed by atoms with Crippen LogP contribution < -0.4 is 10.6 Å². The minimum Gasteiger partial charge on any atom is -0.379 e. The fraction of sp³-hybridized carbons (Fsp3) is 0.500. The molecule has 13 heavy (non-hydrogen) atoms. The monoisotopic (exact) mass is 178 g/mol. The molecule has 0 saturated carbocycles. The molecule has 1 saturated heterocycles. The molecular formula is C10H14N2O. The van der Waals surface area contributed by atoms with E-state index in [2.05, 4.69) is 24.5 Å². The normalized spacial score (nSPS) is 26.1. The summed E-state index contributed by atoms with van der Waals surface area (Å²) in [7, 11) is 0. The van der Waals surface area contributed by atoms with Gasteiger partial charge in [0.1, 0.15) is 0 Å².